The molecule has 1 unspecified atom stereocenters. The van der Waals surface area contributed by atoms with Gasteiger partial charge in [-0.05, 0) is 31.2 Å². The minimum absolute atomic E-state index is 0.138. The fourth-order valence-corrected chi connectivity index (χ4v) is 2.12. The van der Waals surface area contributed by atoms with Crippen LogP contribution in [0.4, 0.5) is 5.69 Å². The molecule has 1 aromatic rings. The van der Waals surface area contributed by atoms with Crippen LogP contribution in [0.2, 0.25) is 0 Å². The number of anilines is 1. The molecule has 0 radical (unpaired) electrons. The summed E-state index contributed by atoms with van der Waals surface area (Å²) in [4.78, 5) is 36.9. The molecule has 0 aromatic heterocycles. The summed E-state index contributed by atoms with van der Waals surface area (Å²) < 4.78 is 0. The predicted molar refractivity (Wildman–Crippen MR) is 77.4 cm³/mol. The first-order chi connectivity index (χ1) is 9.99. The first-order valence-corrected chi connectivity index (χ1v) is 6.70. The Morgan fingerprint density at radius 3 is 2.71 bits per heavy atom. The number of nitrogens with zero attached hydrogens (tertiary/aromatic N) is 1. The average molecular weight is 290 g/mol. The van der Waals surface area contributed by atoms with Gasteiger partial charge >= 0.3 is 0 Å². The Morgan fingerprint density at radius 1 is 1.38 bits per heavy atom. The summed E-state index contributed by atoms with van der Waals surface area (Å²) >= 11 is 0. The fourth-order valence-electron chi connectivity index (χ4n) is 2.12. The third kappa shape index (κ3) is 3.50. The third-order valence-electron chi connectivity index (χ3n) is 3.39. The topological polar surface area (TPSA) is 105 Å². The molecule has 0 saturated carbocycles. The van der Waals surface area contributed by atoms with Gasteiger partial charge in [0.2, 0.25) is 11.8 Å². The largest absolute Gasteiger partial charge is 0.399 e. The van der Waals surface area contributed by atoms with Gasteiger partial charge < -0.3 is 21.3 Å². The number of hydrogen-bond donors (Lipinski definition) is 3. The molecule has 0 bridgehead atoms. The number of benzene rings is 1. The summed E-state index contributed by atoms with van der Waals surface area (Å²) in [7, 11) is 0. The van der Waals surface area contributed by atoms with Crippen molar-refractivity contribution in [1.82, 2.24) is 15.5 Å². The van der Waals surface area contributed by atoms with Crippen LogP contribution in [0.25, 0.3) is 0 Å². The number of amides is 3. The summed E-state index contributed by atoms with van der Waals surface area (Å²) in [6, 6.07) is 5.90. The summed E-state index contributed by atoms with van der Waals surface area (Å²) in [5, 5.41) is 5.23. The summed E-state index contributed by atoms with van der Waals surface area (Å²) in [5.74, 6) is -0.807. The summed E-state index contributed by atoms with van der Waals surface area (Å²) in [6.45, 7) is 2.40. The van der Waals surface area contributed by atoms with Gasteiger partial charge in [-0.3, -0.25) is 14.4 Å². The van der Waals surface area contributed by atoms with Crippen molar-refractivity contribution < 1.29 is 14.4 Å². The highest BCUT2D eigenvalue weighted by Gasteiger charge is 2.29. The molecular weight excluding hydrogens is 272 g/mol. The summed E-state index contributed by atoms with van der Waals surface area (Å²) in [6.07, 6.45) is 0. The molecule has 112 valence electrons. The van der Waals surface area contributed by atoms with Gasteiger partial charge in [-0.15, -0.1) is 0 Å². The highest BCUT2D eigenvalue weighted by molar-refractivity contribution is 5.97. The first-order valence-electron chi connectivity index (χ1n) is 6.70. The molecule has 2 rings (SSSR count). The molecule has 1 atom stereocenters. The lowest BCUT2D eigenvalue weighted by molar-refractivity contribution is -0.141. The van der Waals surface area contributed by atoms with Crippen LogP contribution in [0.1, 0.15) is 17.3 Å². The van der Waals surface area contributed by atoms with Crippen molar-refractivity contribution in [1.29, 1.82) is 0 Å². The molecular formula is C14H18N4O3. The second-order valence-corrected chi connectivity index (χ2v) is 4.86. The maximum Gasteiger partial charge on any atom is 0.251 e. The van der Waals surface area contributed by atoms with Crippen LogP contribution in [-0.2, 0) is 9.59 Å². The maximum atomic E-state index is 12.1. The van der Waals surface area contributed by atoms with Crippen molar-refractivity contribution in [2.45, 2.75) is 13.0 Å². The van der Waals surface area contributed by atoms with Gasteiger partial charge in [-0.25, -0.2) is 0 Å². The van der Waals surface area contributed by atoms with Gasteiger partial charge in [0.15, 0.2) is 0 Å². The Hall–Kier alpha value is -2.57. The molecule has 1 saturated heterocycles. The molecule has 1 aliphatic heterocycles. The van der Waals surface area contributed by atoms with Crippen molar-refractivity contribution in [2.75, 3.05) is 25.4 Å². The maximum absolute atomic E-state index is 12.1. The second kappa shape index (κ2) is 6.25. The number of nitrogens with one attached hydrogen (secondary N) is 2. The van der Waals surface area contributed by atoms with Crippen LogP contribution in [-0.4, -0.2) is 48.3 Å². The number of hydrogen-bond acceptors (Lipinski definition) is 4. The van der Waals surface area contributed by atoms with E-state index < -0.39 is 6.04 Å². The van der Waals surface area contributed by atoms with E-state index >= 15 is 0 Å². The van der Waals surface area contributed by atoms with E-state index in [0.29, 0.717) is 24.3 Å². The highest BCUT2D eigenvalue weighted by atomic mass is 16.2. The molecule has 0 spiro atoms. The molecule has 1 heterocycles. The van der Waals surface area contributed by atoms with E-state index in [4.69, 9.17) is 5.73 Å². The standard InChI is InChI=1S/C14H18N4O3/c1-9-13(20)16-6-7-18(9)12(19)8-17-14(21)10-2-4-11(15)5-3-10/h2-5,9H,6-8,15H2,1H3,(H,16,20)(H,17,21). The van der Waals surface area contributed by atoms with E-state index in [2.05, 4.69) is 10.6 Å². The van der Waals surface area contributed by atoms with E-state index in [1.165, 1.54) is 4.90 Å². The molecule has 1 aromatic carbocycles. The number of carbonyl (C=O) groups excluding carboxylic acids is 3. The minimum atomic E-state index is -0.514. The van der Waals surface area contributed by atoms with Gasteiger partial charge in [0.1, 0.15) is 6.04 Å². The molecule has 0 aliphatic carbocycles. The van der Waals surface area contributed by atoms with Gasteiger partial charge in [0.25, 0.3) is 5.91 Å². The lowest BCUT2D eigenvalue weighted by Gasteiger charge is -2.32. The van der Waals surface area contributed by atoms with E-state index in [1.807, 2.05) is 0 Å². The fraction of sp³-hybridized carbons (Fsp3) is 0.357. The highest BCUT2D eigenvalue weighted by Crippen LogP contribution is 2.06. The van der Waals surface area contributed by atoms with Crippen LogP contribution >= 0.6 is 0 Å². The van der Waals surface area contributed by atoms with Crippen molar-refractivity contribution in [3.63, 3.8) is 0 Å². The lowest BCUT2D eigenvalue weighted by Crippen LogP contribution is -2.57. The normalized spacial score (nSPS) is 18.0. The lowest BCUT2D eigenvalue weighted by atomic mass is 10.2. The molecule has 1 aliphatic rings. The molecule has 3 amide bonds. The second-order valence-electron chi connectivity index (χ2n) is 4.86. The zero-order chi connectivity index (χ0) is 15.4. The monoisotopic (exact) mass is 290 g/mol. The third-order valence-corrected chi connectivity index (χ3v) is 3.39. The molecule has 4 N–H and O–H groups in total. The van der Waals surface area contributed by atoms with Crippen molar-refractivity contribution in [2.24, 2.45) is 0 Å². The quantitative estimate of drug-likeness (QED) is 0.643. The molecule has 1 fully saturated rings. The van der Waals surface area contributed by atoms with Gasteiger partial charge in [-0.1, -0.05) is 0 Å². The van der Waals surface area contributed by atoms with Crippen LogP contribution < -0.4 is 16.4 Å². The Balaban J connectivity index is 1.90. The van der Waals surface area contributed by atoms with Crippen molar-refractivity contribution in [3.05, 3.63) is 29.8 Å². The van der Waals surface area contributed by atoms with Crippen LogP contribution in [0, 0.1) is 0 Å². The summed E-state index contributed by atoms with van der Waals surface area (Å²) in [5.41, 5.74) is 6.54. The van der Waals surface area contributed by atoms with E-state index in [9.17, 15) is 14.4 Å². The SMILES string of the molecule is CC1C(=O)NCCN1C(=O)CNC(=O)c1ccc(N)cc1. The van der Waals surface area contributed by atoms with E-state index in [-0.39, 0.29) is 24.3 Å². The van der Waals surface area contributed by atoms with Crippen LogP contribution in [0.3, 0.4) is 0 Å². The smallest absolute Gasteiger partial charge is 0.251 e. The zero-order valence-electron chi connectivity index (χ0n) is 11.8. The van der Waals surface area contributed by atoms with Crippen molar-refractivity contribution in [3.8, 4) is 0 Å². The molecule has 7 heteroatoms. The Labute approximate surface area is 122 Å². The minimum Gasteiger partial charge on any atom is -0.399 e. The number of piperazine rings is 1. The number of nitrogens with two attached hydrogens (primary N) is 1. The number of rotatable bonds is 3. The first kappa shape index (κ1) is 14.8. The van der Waals surface area contributed by atoms with E-state index in [0.717, 1.165) is 0 Å². The Kier molecular flexibility index (Phi) is 4.42. The molecule has 7 nitrogen and oxygen atoms in total. The van der Waals surface area contributed by atoms with Crippen LogP contribution in [0.5, 0.6) is 0 Å². The number of carbonyl (C=O) groups is 3. The van der Waals surface area contributed by atoms with Crippen molar-refractivity contribution >= 4 is 23.4 Å². The molecule has 21 heavy (non-hydrogen) atoms. The van der Waals surface area contributed by atoms with E-state index in [1.54, 1.807) is 31.2 Å². The number of nitrogen functional groups attached to an aromatic ring is 1. The zero-order valence-corrected chi connectivity index (χ0v) is 11.8. The van der Waals surface area contributed by atoms with Gasteiger partial charge in [0.05, 0.1) is 6.54 Å². The van der Waals surface area contributed by atoms with Gasteiger partial charge in [0, 0.05) is 24.3 Å². The van der Waals surface area contributed by atoms with Crippen LogP contribution in [0.15, 0.2) is 24.3 Å². The Bertz CT molecular complexity index is 556. The average Bonchev–Trinajstić information content (AvgIpc) is 2.48. The van der Waals surface area contributed by atoms with Gasteiger partial charge in [-0.2, -0.15) is 0 Å². The Morgan fingerprint density at radius 2 is 2.05 bits per heavy atom. The predicted octanol–water partition coefficient (Wildman–Crippen LogP) is -0.654.